The van der Waals surface area contributed by atoms with Gasteiger partial charge < -0.3 is 5.73 Å². The lowest BCUT2D eigenvalue weighted by Crippen LogP contribution is -2.24. The van der Waals surface area contributed by atoms with Crippen LogP contribution in [0.5, 0.6) is 0 Å². The summed E-state index contributed by atoms with van der Waals surface area (Å²) in [5.74, 6) is 0. The zero-order valence-corrected chi connectivity index (χ0v) is 14.0. The highest BCUT2D eigenvalue weighted by molar-refractivity contribution is 14.1. The van der Waals surface area contributed by atoms with Crippen molar-refractivity contribution in [2.24, 2.45) is 0 Å². The van der Waals surface area contributed by atoms with Crippen molar-refractivity contribution in [3.63, 3.8) is 0 Å². The first-order valence-electron chi connectivity index (χ1n) is 6.99. The number of para-hydroxylation sites is 1. The summed E-state index contributed by atoms with van der Waals surface area (Å²) < 4.78 is 1.28. The zero-order valence-electron chi connectivity index (χ0n) is 11.8. The van der Waals surface area contributed by atoms with Gasteiger partial charge in [-0.1, -0.05) is 37.3 Å². The van der Waals surface area contributed by atoms with Crippen molar-refractivity contribution in [1.29, 1.82) is 0 Å². The highest BCUT2D eigenvalue weighted by Crippen LogP contribution is 2.16. The van der Waals surface area contributed by atoms with E-state index in [2.05, 4.69) is 70.8 Å². The van der Waals surface area contributed by atoms with E-state index < -0.39 is 0 Å². The molecule has 0 aliphatic rings. The van der Waals surface area contributed by atoms with Crippen molar-refractivity contribution >= 4 is 28.3 Å². The van der Waals surface area contributed by atoms with E-state index in [0.29, 0.717) is 0 Å². The van der Waals surface area contributed by atoms with E-state index in [1.807, 2.05) is 12.1 Å². The van der Waals surface area contributed by atoms with Gasteiger partial charge in [0.15, 0.2) is 0 Å². The maximum absolute atomic E-state index is 6.05. The van der Waals surface area contributed by atoms with Crippen molar-refractivity contribution in [1.82, 2.24) is 4.90 Å². The van der Waals surface area contributed by atoms with Crippen LogP contribution in [0.4, 0.5) is 5.69 Å². The van der Waals surface area contributed by atoms with Crippen molar-refractivity contribution < 1.29 is 0 Å². The Morgan fingerprint density at radius 3 is 2.35 bits per heavy atom. The van der Waals surface area contributed by atoms with Gasteiger partial charge in [-0.3, -0.25) is 4.90 Å². The summed E-state index contributed by atoms with van der Waals surface area (Å²) in [5.41, 5.74) is 9.51. The molecule has 0 heterocycles. The molecule has 0 aromatic heterocycles. The summed E-state index contributed by atoms with van der Waals surface area (Å²) in [4.78, 5) is 2.45. The molecule has 2 nitrogen and oxygen atoms in total. The Bertz CT molecular complexity index is 537. The van der Waals surface area contributed by atoms with E-state index in [-0.39, 0.29) is 0 Å². The molecule has 20 heavy (non-hydrogen) atoms. The molecule has 0 aliphatic carbocycles. The van der Waals surface area contributed by atoms with Gasteiger partial charge in [-0.15, -0.1) is 0 Å². The summed E-state index contributed by atoms with van der Waals surface area (Å²) >= 11 is 2.34. The van der Waals surface area contributed by atoms with Crippen molar-refractivity contribution in [3.8, 4) is 0 Å². The van der Waals surface area contributed by atoms with Crippen molar-refractivity contribution in [2.45, 2.75) is 26.4 Å². The summed E-state index contributed by atoms with van der Waals surface area (Å²) in [5, 5.41) is 0. The number of halogens is 1. The fourth-order valence-electron chi connectivity index (χ4n) is 2.30. The second-order valence-electron chi connectivity index (χ2n) is 5.04. The molecule has 2 aromatic carbocycles. The smallest absolute Gasteiger partial charge is 0.0359 e. The summed E-state index contributed by atoms with van der Waals surface area (Å²) in [6.45, 7) is 5.18. The van der Waals surface area contributed by atoms with Crippen LogP contribution in [0, 0.1) is 3.57 Å². The highest BCUT2D eigenvalue weighted by Gasteiger charge is 2.08. The lowest BCUT2D eigenvalue weighted by molar-refractivity contribution is 0.258. The molecule has 0 unspecified atom stereocenters. The Balaban J connectivity index is 2.07. The number of rotatable bonds is 6. The van der Waals surface area contributed by atoms with Gasteiger partial charge >= 0.3 is 0 Å². The third-order valence-corrected chi connectivity index (χ3v) is 4.03. The number of benzene rings is 2. The SMILES string of the molecule is CCCN(Cc1ccc(I)cc1)Cc1ccccc1N. The van der Waals surface area contributed by atoms with E-state index in [4.69, 9.17) is 5.73 Å². The Morgan fingerprint density at radius 2 is 1.70 bits per heavy atom. The molecule has 2 rings (SSSR count). The number of nitrogens with zero attached hydrogens (tertiary/aromatic N) is 1. The summed E-state index contributed by atoms with van der Waals surface area (Å²) in [7, 11) is 0. The minimum Gasteiger partial charge on any atom is -0.398 e. The molecule has 2 N–H and O–H groups in total. The maximum atomic E-state index is 6.05. The quantitative estimate of drug-likeness (QED) is 0.599. The molecular formula is C17H21IN2. The average Bonchev–Trinajstić information content (AvgIpc) is 2.44. The topological polar surface area (TPSA) is 29.3 Å². The zero-order chi connectivity index (χ0) is 14.4. The predicted molar refractivity (Wildman–Crippen MR) is 94.4 cm³/mol. The Morgan fingerprint density at radius 1 is 1.00 bits per heavy atom. The molecule has 0 fully saturated rings. The number of nitrogen functional groups attached to an aromatic ring is 1. The largest absolute Gasteiger partial charge is 0.398 e. The fourth-order valence-corrected chi connectivity index (χ4v) is 2.66. The second kappa shape index (κ2) is 7.64. The standard InChI is InChI=1S/C17H21IN2/c1-2-11-20(12-14-7-9-16(18)10-8-14)13-15-5-3-4-6-17(15)19/h3-10H,2,11-13,19H2,1H3. The predicted octanol–water partition coefficient (Wildman–Crippen LogP) is 4.29. The Hall–Kier alpha value is -1.07. The molecule has 0 bridgehead atoms. The molecular weight excluding hydrogens is 359 g/mol. The van der Waals surface area contributed by atoms with E-state index in [1.54, 1.807) is 0 Å². The molecule has 0 aliphatic heterocycles. The van der Waals surface area contributed by atoms with E-state index >= 15 is 0 Å². The molecule has 3 heteroatoms. The van der Waals surface area contributed by atoms with Crippen LogP contribution in [0.1, 0.15) is 24.5 Å². The van der Waals surface area contributed by atoms with Crippen LogP contribution >= 0.6 is 22.6 Å². The highest BCUT2D eigenvalue weighted by atomic mass is 127. The van der Waals surface area contributed by atoms with Crippen LogP contribution in [0.25, 0.3) is 0 Å². The number of hydrogen-bond acceptors (Lipinski definition) is 2. The first kappa shape index (κ1) is 15.3. The van der Waals surface area contributed by atoms with Gasteiger partial charge in [0.25, 0.3) is 0 Å². The van der Waals surface area contributed by atoms with Crippen LogP contribution in [0.15, 0.2) is 48.5 Å². The monoisotopic (exact) mass is 380 g/mol. The number of anilines is 1. The van der Waals surface area contributed by atoms with Crippen LogP contribution in [0.3, 0.4) is 0 Å². The van der Waals surface area contributed by atoms with Gasteiger partial charge in [-0.25, -0.2) is 0 Å². The lowest BCUT2D eigenvalue weighted by Gasteiger charge is -2.22. The molecule has 0 saturated heterocycles. The van der Waals surface area contributed by atoms with Gasteiger partial charge in [0, 0.05) is 22.3 Å². The molecule has 0 atom stereocenters. The third-order valence-electron chi connectivity index (χ3n) is 3.31. The molecule has 0 saturated carbocycles. The molecule has 0 radical (unpaired) electrons. The molecule has 0 spiro atoms. The number of nitrogens with two attached hydrogens (primary N) is 1. The van der Waals surface area contributed by atoms with E-state index in [9.17, 15) is 0 Å². The average molecular weight is 380 g/mol. The molecule has 0 amide bonds. The van der Waals surface area contributed by atoms with Gasteiger partial charge in [0.05, 0.1) is 0 Å². The minimum absolute atomic E-state index is 0.885. The molecule has 2 aromatic rings. The minimum atomic E-state index is 0.885. The second-order valence-corrected chi connectivity index (χ2v) is 6.28. The van der Waals surface area contributed by atoms with Crippen molar-refractivity contribution in [3.05, 3.63) is 63.2 Å². The van der Waals surface area contributed by atoms with Crippen molar-refractivity contribution in [2.75, 3.05) is 12.3 Å². The number of hydrogen-bond donors (Lipinski definition) is 1. The van der Waals surface area contributed by atoms with E-state index in [1.165, 1.54) is 14.7 Å². The van der Waals surface area contributed by atoms with Crippen LogP contribution in [0.2, 0.25) is 0 Å². The fraction of sp³-hybridized carbons (Fsp3) is 0.294. The van der Waals surface area contributed by atoms with Gasteiger partial charge in [-0.2, -0.15) is 0 Å². The normalized spacial score (nSPS) is 10.9. The first-order chi connectivity index (χ1) is 9.69. The van der Waals surface area contributed by atoms with Crippen LogP contribution < -0.4 is 5.73 Å². The Labute approximate surface area is 135 Å². The maximum Gasteiger partial charge on any atom is 0.0359 e. The van der Waals surface area contributed by atoms with Crippen LogP contribution in [-0.4, -0.2) is 11.4 Å². The van der Waals surface area contributed by atoms with Gasteiger partial charge in [0.2, 0.25) is 0 Å². The third kappa shape index (κ3) is 4.49. The van der Waals surface area contributed by atoms with Gasteiger partial charge in [-0.05, 0) is 64.9 Å². The lowest BCUT2D eigenvalue weighted by atomic mass is 10.1. The summed E-state index contributed by atoms with van der Waals surface area (Å²) in [6, 6.07) is 16.9. The van der Waals surface area contributed by atoms with E-state index in [0.717, 1.165) is 31.7 Å². The first-order valence-corrected chi connectivity index (χ1v) is 8.07. The van der Waals surface area contributed by atoms with Gasteiger partial charge in [0.1, 0.15) is 0 Å². The molecule has 106 valence electrons. The summed E-state index contributed by atoms with van der Waals surface area (Å²) in [6.07, 6.45) is 1.15. The van der Waals surface area contributed by atoms with Crippen LogP contribution in [-0.2, 0) is 13.1 Å². The Kier molecular flexibility index (Phi) is 5.86.